The highest BCUT2D eigenvalue weighted by molar-refractivity contribution is 6.13. The summed E-state index contributed by atoms with van der Waals surface area (Å²) in [5.74, 6) is -2.37. The molecule has 1 N–H and O–H groups in total. The fraction of sp³-hybridized carbons (Fsp3) is 0.500. The molecule has 1 aromatic rings. The van der Waals surface area contributed by atoms with Crippen molar-refractivity contribution < 1.29 is 18.8 Å². The van der Waals surface area contributed by atoms with Gasteiger partial charge >= 0.3 is 0 Å². The average molecular weight is 302 g/mol. The third kappa shape index (κ3) is 2.80. The Morgan fingerprint density at radius 3 is 2.73 bits per heavy atom. The van der Waals surface area contributed by atoms with Crippen molar-refractivity contribution in [3.05, 3.63) is 22.6 Å². The second-order valence-electron chi connectivity index (χ2n) is 5.35. The highest BCUT2D eigenvalue weighted by atomic mass is 16.4. The van der Waals surface area contributed by atoms with E-state index in [1.807, 2.05) is 6.92 Å². The van der Waals surface area contributed by atoms with Gasteiger partial charge in [-0.15, -0.1) is 0 Å². The number of nitrogens with one attached hydrogen (secondary N) is 1. The van der Waals surface area contributed by atoms with Crippen LogP contribution in [-0.2, 0) is 11.2 Å². The van der Waals surface area contributed by atoms with Crippen LogP contribution in [-0.4, -0.2) is 24.0 Å². The van der Waals surface area contributed by atoms with E-state index in [0.717, 1.165) is 0 Å². The number of ketones is 2. The van der Waals surface area contributed by atoms with E-state index in [0.29, 0.717) is 49.1 Å². The quantitative estimate of drug-likeness (QED) is 0.662. The Bertz CT molecular complexity index is 666. The lowest BCUT2D eigenvalue weighted by Gasteiger charge is -2.08. The summed E-state index contributed by atoms with van der Waals surface area (Å²) in [7, 11) is 0. The number of hydrogen-bond acceptors (Lipinski definition) is 5. The van der Waals surface area contributed by atoms with Crippen LogP contribution >= 0.6 is 0 Å². The van der Waals surface area contributed by atoms with Crippen LogP contribution in [0.5, 0.6) is 0 Å². The highest BCUT2D eigenvalue weighted by Gasteiger charge is 2.34. The number of nitrogens with zero attached hydrogens (tertiary/aromatic N) is 1. The molecule has 0 aromatic carbocycles. The van der Waals surface area contributed by atoms with E-state index in [-0.39, 0.29) is 11.5 Å². The molecule has 1 aliphatic carbocycles. The number of hydrogen-bond donors (Lipinski definition) is 1. The Morgan fingerprint density at radius 1 is 1.41 bits per heavy atom. The molecule has 0 spiro atoms. The first-order valence-corrected chi connectivity index (χ1v) is 7.38. The van der Waals surface area contributed by atoms with Crippen molar-refractivity contribution >= 4 is 17.5 Å². The maximum Gasteiger partial charge on any atom is 0.245 e. The first-order valence-electron chi connectivity index (χ1n) is 7.38. The lowest BCUT2D eigenvalue weighted by Crippen LogP contribution is -2.35. The smallest absolute Gasteiger partial charge is 0.245 e. The molecule has 0 saturated heterocycles. The van der Waals surface area contributed by atoms with Gasteiger partial charge < -0.3 is 9.73 Å². The van der Waals surface area contributed by atoms with Crippen LogP contribution in [0.15, 0.2) is 4.42 Å². The van der Waals surface area contributed by atoms with E-state index in [1.165, 1.54) is 0 Å². The summed E-state index contributed by atoms with van der Waals surface area (Å²) >= 11 is 0. The Morgan fingerprint density at radius 2 is 2.14 bits per heavy atom. The molecule has 1 amide bonds. The fourth-order valence-corrected chi connectivity index (χ4v) is 2.60. The van der Waals surface area contributed by atoms with Gasteiger partial charge in [-0.3, -0.25) is 14.4 Å². The molecule has 6 heteroatoms. The van der Waals surface area contributed by atoms with Gasteiger partial charge in [-0.05, 0) is 19.8 Å². The van der Waals surface area contributed by atoms with E-state index < -0.39 is 17.6 Å². The minimum atomic E-state index is -1.45. The second-order valence-corrected chi connectivity index (χ2v) is 5.35. The number of rotatable bonds is 5. The molecule has 6 nitrogen and oxygen atoms in total. The highest BCUT2D eigenvalue weighted by Crippen LogP contribution is 2.30. The van der Waals surface area contributed by atoms with Gasteiger partial charge in [-0.1, -0.05) is 6.92 Å². The number of carbonyl (C=O) groups excluding carboxylic acids is 3. The summed E-state index contributed by atoms with van der Waals surface area (Å²) in [6, 6.07) is 1.72. The SMILES string of the molecule is CCCNC(=O)C(C#N)C(=O)c1oc2c(c1C)C(=O)CCC2. The van der Waals surface area contributed by atoms with Gasteiger partial charge in [0.25, 0.3) is 0 Å². The van der Waals surface area contributed by atoms with Crippen LogP contribution in [0.2, 0.25) is 0 Å². The van der Waals surface area contributed by atoms with Crippen LogP contribution in [0.4, 0.5) is 0 Å². The topological polar surface area (TPSA) is 100 Å². The molecule has 116 valence electrons. The molecule has 1 heterocycles. The minimum absolute atomic E-state index is 0.0431. The minimum Gasteiger partial charge on any atom is -0.457 e. The van der Waals surface area contributed by atoms with Gasteiger partial charge in [0.05, 0.1) is 11.6 Å². The van der Waals surface area contributed by atoms with Crippen molar-refractivity contribution in [3.63, 3.8) is 0 Å². The molecule has 2 rings (SSSR count). The first kappa shape index (κ1) is 16.0. The van der Waals surface area contributed by atoms with E-state index in [9.17, 15) is 14.4 Å². The van der Waals surface area contributed by atoms with Crippen molar-refractivity contribution in [2.75, 3.05) is 6.54 Å². The van der Waals surface area contributed by atoms with Crippen LogP contribution in [0.3, 0.4) is 0 Å². The molecule has 0 aliphatic heterocycles. The average Bonchev–Trinajstić information content (AvgIpc) is 2.84. The van der Waals surface area contributed by atoms with Gasteiger partial charge in [0.2, 0.25) is 11.7 Å². The molecular weight excluding hydrogens is 284 g/mol. The molecule has 0 saturated carbocycles. The molecule has 0 fully saturated rings. The zero-order valence-corrected chi connectivity index (χ0v) is 12.7. The lowest BCUT2D eigenvalue weighted by atomic mass is 9.92. The molecule has 1 unspecified atom stereocenters. The Balaban J connectivity index is 2.31. The first-order chi connectivity index (χ1) is 10.5. The van der Waals surface area contributed by atoms with Gasteiger partial charge in [0.1, 0.15) is 5.76 Å². The summed E-state index contributed by atoms with van der Waals surface area (Å²) in [5, 5.41) is 11.7. The largest absolute Gasteiger partial charge is 0.457 e. The number of fused-ring (bicyclic) bond motifs is 1. The Hall–Kier alpha value is -2.42. The number of aryl methyl sites for hydroxylation is 1. The second kappa shape index (κ2) is 6.56. The predicted octanol–water partition coefficient (Wildman–Crippen LogP) is 1.96. The number of nitriles is 1. The lowest BCUT2D eigenvalue weighted by molar-refractivity contribution is -0.122. The van der Waals surface area contributed by atoms with Crippen molar-refractivity contribution in [1.29, 1.82) is 5.26 Å². The standard InChI is InChI=1S/C16H18N2O4/c1-3-7-18-16(21)10(8-17)14(20)15-9(2)13-11(19)5-4-6-12(13)22-15/h10H,3-7H2,1-2H3,(H,18,21). The zero-order chi connectivity index (χ0) is 16.3. The van der Waals surface area contributed by atoms with Crippen LogP contribution in [0, 0.1) is 24.2 Å². The van der Waals surface area contributed by atoms with E-state index >= 15 is 0 Å². The predicted molar refractivity (Wildman–Crippen MR) is 77.4 cm³/mol. The van der Waals surface area contributed by atoms with E-state index in [2.05, 4.69) is 5.32 Å². The van der Waals surface area contributed by atoms with Gasteiger partial charge in [-0.2, -0.15) is 5.26 Å². The molecule has 22 heavy (non-hydrogen) atoms. The maximum atomic E-state index is 12.4. The number of Topliss-reactive ketones (excluding diaryl/α,β-unsaturated/α-hetero) is 2. The maximum absolute atomic E-state index is 12.4. The molecule has 0 bridgehead atoms. The molecule has 0 radical (unpaired) electrons. The fourth-order valence-electron chi connectivity index (χ4n) is 2.60. The summed E-state index contributed by atoms with van der Waals surface area (Å²) in [6.07, 6.45) is 2.42. The zero-order valence-electron chi connectivity index (χ0n) is 12.7. The van der Waals surface area contributed by atoms with Crippen LogP contribution in [0.1, 0.15) is 58.4 Å². The molecule has 1 aromatic heterocycles. The number of carbonyl (C=O) groups is 3. The number of furan rings is 1. The van der Waals surface area contributed by atoms with Gasteiger partial charge in [-0.25, -0.2) is 0 Å². The molecule has 1 aliphatic rings. The van der Waals surface area contributed by atoms with Gasteiger partial charge in [0, 0.05) is 24.9 Å². The Labute approximate surface area is 128 Å². The van der Waals surface area contributed by atoms with Crippen LogP contribution in [0.25, 0.3) is 0 Å². The van der Waals surface area contributed by atoms with Crippen molar-refractivity contribution in [3.8, 4) is 6.07 Å². The van der Waals surface area contributed by atoms with Crippen molar-refractivity contribution in [1.82, 2.24) is 5.32 Å². The summed E-state index contributed by atoms with van der Waals surface area (Å²) < 4.78 is 5.51. The third-order valence-electron chi connectivity index (χ3n) is 3.73. The Kier molecular flexibility index (Phi) is 4.76. The van der Waals surface area contributed by atoms with Crippen molar-refractivity contribution in [2.45, 2.75) is 39.5 Å². The summed E-state index contributed by atoms with van der Waals surface area (Å²) in [6.45, 7) is 3.90. The van der Waals surface area contributed by atoms with Crippen LogP contribution < -0.4 is 5.32 Å². The van der Waals surface area contributed by atoms with Gasteiger partial charge in [0.15, 0.2) is 17.5 Å². The normalized spacial score (nSPS) is 14.9. The monoisotopic (exact) mass is 302 g/mol. The molecular formula is C16H18N2O4. The third-order valence-corrected chi connectivity index (χ3v) is 3.73. The summed E-state index contributed by atoms with van der Waals surface area (Å²) in [4.78, 5) is 36.3. The van der Waals surface area contributed by atoms with E-state index in [1.54, 1.807) is 13.0 Å². The van der Waals surface area contributed by atoms with E-state index in [4.69, 9.17) is 9.68 Å². The number of amides is 1. The summed E-state index contributed by atoms with van der Waals surface area (Å²) in [5.41, 5.74) is 0.883. The van der Waals surface area contributed by atoms with Crippen molar-refractivity contribution in [2.24, 2.45) is 5.92 Å². The molecule has 1 atom stereocenters.